The minimum Gasteiger partial charge on any atom is -0.748 e. The van der Waals surface area contributed by atoms with Crippen LogP contribution in [-0.2, 0) is 14.9 Å². The van der Waals surface area contributed by atoms with Gasteiger partial charge in [-0.1, -0.05) is 84.0 Å². The Hall–Kier alpha value is 1.02. The predicted molar refractivity (Wildman–Crippen MR) is 107 cm³/mol. The quantitative estimate of drug-likeness (QED) is 0.189. The van der Waals surface area contributed by atoms with Gasteiger partial charge in [0.2, 0.25) is 5.91 Å². The minimum atomic E-state index is -4.17. The van der Waals surface area contributed by atoms with Gasteiger partial charge in [-0.05, 0) is 12.8 Å². The summed E-state index contributed by atoms with van der Waals surface area (Å²) in [5.41, 5.74) is 0. The zero-order valence-electron chi connectivity index (χ0n) is 18.0. The maximum atomic E-state index is 11.9. The molecule has 27 heavy (non-hydrogen) atoms. The van der Waals surface area contributed by atoms with Crippen LogP contribution in [-0.4, -0.2) is 43.1 Å². The molecule has 0 aromatic carbocycles. The van der Waals surface area contributed by atoms with Crippen molar-refractivity contribution in [1.29, 1.82) is 0 Å². The molecule has 0 atom stereocenters. The van der Waals surface area contributed by atoms with Crippen molar-refractivity contribution < 1.29 is 69.1 Å². The Kier molecular flexibility index (Phi) is 22.7. The van der Waals surface area contributed by atoms with Crippen molar-refractivity contribution in [2.45, 2.75) is 103 Å². The molecule has 7 heteroatoms. The van der Waals surface area contributed by atoms with E-state index in [1.165, 1.54) is 75.5 Å². The van der Waals surface area contributed by atoms with Crippen LogP contribution in [0.4, 0.5) is 0 Å². The third-order valence-electron chi connectivity index (χ3n) is 4.81. The Morgan fingerprint density at radius 1 is 0.778 bits per heavy atom. The third kappa shape index (κ3) is 23.2. The SMILES string of the molecule is CCCCCCCCCCCCCCCC(=O)N(C)CCCS(=O)(=O)[O-].[K+]. The number of hydrogen-bond donors (Lipinski definition) is 0. The van der Waals surface area contributed by atoms with Crippen molar-refractivity contribution in [3.8, 4) is 0 Å². The topological polar surface area (TPSA) is 77.5 Å². The van der Waals surface area contributed by atoms with E-state index in [0.717, 1.165) is 12.8 Å². The van der Waals surface area contributed by atoms with Gasteiger partial charge in [-0.2, -0.15) is 0 Å². The summed E-state index contributed by atoms with van der Waals surface area (Å²) in [5.74, 6) is -0.361. The van der Waals surface area contributed by atoms with E-state index in [-0.39, 0.29) is 63.7 Å². The first-order valence-corrected chi connectivity index (χ1v) is 12.1. The van der Waals surface area contributed by atoms with E-state index in [1.807, 2.05) is 0 Å². The van der Waals surface area contributed by atoms with Crippen molar-refractivity contribution >= 4 is 16.0 Å². The molecule has 0 saturated carbocycles. The van der Waals surface area contributed by atoms with Crippen molar-refractivity contribution in [1.82, 2.24) is 4.90 Å². The van der Waals surface area contributed by atoms with Crippen molar-refractivity contribution in [3.05, 3.63) is 0 Å². The monoisotopic (exact) mass is 429 g/mol. The molecule has 156 valence electrons. The van der Waals surface area contributed by atoms with Crippen LogP contribution < -0.4 is 51.4 Å². The summed E-state index contributed by atoms with van der Waals surface area (Å²) in [4.78, 5) is 13.4. The molecule has 0 saturated heterocycles. The summed E-state index contributed by atoms with van der Waals surface area (Å²) in [5, 5.41) is 0. The van der Waals surface area contributed by atoms with Gasteiger partial charge in [0.1, 0.15) is 0 Å². The molecule has 0 N–H and O–H groups in total. The molecule has 0 aliphatic carbocycles. The first-order valence-electron chi connectivity index (χ1n) is 10.5. The van der Waals surface area contributed by atoms with Crippen LogP contribution in [0.15, 0.2) is 0 Å². The van der Waals surface area contributed by atoms with E-state index in [1.54, 1.807) is 7.05 Å². The summed E-state index contributed by atoms with van der Waals surface area (Å²) in [6.45, 7) is 2.58. The van der Waals surface area contributed by atoms with E-state index in [0.29, 0.717) is 13.0 Å². The van der Waals surface area contributed by atoms with Gasteiger partial charge in [0.15, 0.2) is 0 Å². The number of carbonyl (C=O) groups is 1. The Balaban J connectivity index is 0. The second-order valence-electron chi connectivity index (χ2n) is 7.42. The summed E-state index contributed by atoms with van der Waals surface area (Å²) >= 11 is 0. The fourth-order valence-electron chi connectivity index (χ4n) is 3.09. The fraction of sp³-hybridized carbons (Fsp3) is 0.950. The standard InChI is InChI=1S/C20H41NO4S.K/c1-3-4-5-6-7-8-9-10-11-12-13-14-15-17-20(22)21(2)18-16-19-26(23,24)25;/h3-19H2,1-2H3,(H,23,24,25);/q;+1/p-1. The molecule has 0 radical (unpaired) electrons. The Morgan fingerprint density at radius 2 is 1.19 bits per heavy atom. The largest absolute Gasteiger partial charge is 1.00 e. The molecule has 0 bridgehead atoms. The van der Waals surface area contributed by atoms with E-state index in [9.17, 15) is 17.8 Å². The number of hydrogen-bond acceptors (Lipinski definition) is 4. The number of unbranched alkanes of at least 4 members (excludes halogenated alkanes) is 12. The molecule has 0 aromatic rings. The normalized spacial score (nSPS) is 11.2. The second-order valence-corrected chi connectivity index (χ2v) is 8.95. The number of amides is 1. The molecule has 0 fully saturated rings. The van der Waals surface area contributed by atoms with Gasteiger partial charge in [-0.3, -0.25) is 4.79 Å². The Labute approximate surface area is 210 Å². The van der Waals surface area contributed by atoms with Crippen LogP contribution in [0.2, 0.25) is 0 Å². The molecule has 5 nitrogen and oxygen atoms in total. The van der Waals surface area contributed by atoms with E-state index in [4.69, 9.17) is 0 Å². The average Bonchev–Trinajstić information content (AvgIpc) is 2.57. The minimum absolute atomic E-state index is 0. The molecule has 0 aromatic heterocycles. The van der Waals surface area contributed by atoms with Crippen molar-refractivity contribution in [3.63, 3.8) is 0 Å². The van der Waals surface area contributed by atoms with E-state index in [2.05, 4.69) is 6.92 Å². The van der Waals surface area contributed by atoms with Crippen LogP contribution in [0.1, 0.15) is 103 Å². The molecular weight excluding hydrogens is 389 g/mol. The van der Waals surface area contributed by atoms with Gasteiger partial charge < -0.3 is 9.45 Å². The Morgan fingerprint density at radius 3 is 1.59 bits per heavy atom. The first kappa shape index (κ1) is 30.2. The molecule has 0 spiro atoms. The van der Waals surface area contributed by atoms with Gasteiger partial charge in [-0.15, -0.1) is 0 Å². The van der Waals surface area contributed by atoms with Crippen LogP contribution in [0, 0.1) is 0 Å². The molecule has 0 aliphatic rings. The number of rotatable bonds is 18. The van der Waals surface area contributed by atoms with Crippen LogP contribution in [0.3, 0.4) is 0 Å². The van der Waals surface area contributed by atoms with Gasteiger partial charge in [0.05, 0.1) is 10.1 Å². The maximum absolute atomic E-state index is 11.9. The zero-order chi connectivity index (χ0) is 19.7. The van der Waals surface area contributed by atoms with Crippen LogP contribution >= 0.6 is 0 Å². The first-order chi connectivity index (χ1) is 12.4. The van der Waals surface area contributed by atoms with E-state index < -0.39 is 15.9 Å². The van der Waals surface area contributed by atoms with Crippen molar-refractivity contribution in [2.75, 3.05) is 19.3 Å². The average molecular weight is 430 g/mol. The molecule has 0 rings (SSSR count). The molecule has 0 unspecified atom stereocenters. The van der Waals surface area contributed by atoms with Gasteiger partial charge >= 0.3 is 51.4 Å². The van der Waals surface area contributed by atoms with Gasteiger partial charge in [0.25, 0.3) is 0 Å². The molecular formula is C20H40KNO4S. The zero-order valence-corrected chi connectivity index (χ0v) is 21.9. The van der Waals surface area contributed by atoms with Gasteiger partial charge in [-0.25, -0.2) is 8.42 Å². The smallest absolute Gasteiger partial charge is 0.748 e. The van der Waals surface area contributed by atoms with Crippen LogP contribution in [0.25, 0.3) is 0 Å². The van der Waals surface area contributed by atoms with Crippen LogP contribution in [0.5, 0.6) is 0 Å². The molecule has 1 amide bonds. The summed E-state index contributed by atoms with van der Waals surface area (Å²) in [6.07, 6.45) is 17.3. The second kappa shape index (κ2) is 20.3. The molecule has 0 heterocycles. The maximum Gasteiger partial charge on any atom is 1.00 e. The summed E-state index contributed by atoms with van der Waals surface area (Å²) < 4.78 is 31.6. The summed E-state index contributed by atoms with van der Waals surface area (Å²) in [6, 6.07) is 0. The number of nitrogens with zero attached hydrogens (tertiary/aromatic N) is 1. The van der Waals surface area contributed by atoms with Gasteiger partial charge in [0, 0.05) is 25.8 Å². The predicted octanol–water partition coefficient (Wildman–Crippen LogP) is 1.87. The molecule has 0 aliphatic heterocycles. The van der Waals surface area contributed by atoms with E-state index >= 15 is 0 Å². The third-order valence-corrected chi connectivity index (χ3v) is 5.60. The fourth-order valence-corrected chi connectivity index (χ4v) is 3.57. The van der Waals surface area contributed by atoms with Crippen molar-refractivity contribution in [2.24, 2.45) is 0 Å². The number of carbonyl (C=O) groups excluding carboxylic acids is 1. The summed E-state index contributed by atoms with van der Waals surface area (Å²) in [7, 11) is -2.51. The Bertz CT molecular complexity index is 443.